The molecule has 0 aromatic carbocycles. The summed E-state index contributed by atoms with van der Waals surface area (Å²) in [5, 5.41) is 17.7. The SMILES string of the molecule is CC(O)(c1ccc(Br)o1)C(F)(F)C(=O)O. The normalized spacial score (nSPS) is 16.1. The molecule has 0 saturated heterocycles. The molecule has 0 aliphatic carbocycles. The molecule has 0 spiro atoms. The standard InChI is InChI=1S/C8H7BrF2O4/c1-7(14,8(10,11)6(12)13)4-2-3-5(9)15-4/h2-3,14H,1H3,(H,12,13). The van der Waals surface area contributed by atoms with Gasteiger partial charge in [0.25, 0.3) is 0 Å². The second-order valence-electron chi connectivity index (χ2n) is 3.06. The van der Waals surface area contributed by atoms with E-state index in [0.29, 0.717) is 6.92 Å². The summed E-state index contributed by atoms with van der Waals surface area (Å²) in [6, 6.07) is 2.35. The number of alkyl halides is 2. The quantitative estimate of drug-likeness (QED) is 0.890. The molecule has 1 aromatic heterocycles. The smallest absolute Gasteiger partial charge is 0.378 e. The minimum Gasteiger partial charge on any atom is -0.477 e. The van der Waals surface area contributed by atoms with E-state index in [1.807, 2.05) is 0 Å². The number of aliphatic hydroxyl groups is 1. The van der Waals surface area contributed by atoms with Crippen LogP contribution >= 0.6 is 15.9 Å². The fraction of sp³-hybridized carbons (Fsp3) is 0.375. The molecule has 15 heavy (non-hydrogen) atoms. The van der Waals surface area contributed by atoms with Crippen molar-refractivity contribution >= 4 is 21.9 Å². The monoisotopic (exact) mass is 284 g/mol. The minimum absolute atomic E-state index is 0.124. The molecular formula is C8H7BrF2O4. The van der Waals surface area contributed by atoms with Gasteiger partial charge in [-0.15, -0.1) is 0 Å². The maximum atomic E-state index is 13.1. The molecule has 1 heterocycles. The number of halogens is 3. The highest BCUT2D eigenvalue weighted by Crippen LogP contribution is 2.38. The number of aliphatic carboxylic acids is 1. The Balaban J connectivity index is 3.17. The van der Waals surface area contributed by atoms with Crippen LogP contribution in [-0.2, 0) is 10.4 Å². The third kappa shape index (κ3) is 1.89. The first-order chi connectivity index (χ1) is 6.69. The summed E-state index contributed by atoms with van der Waals surface area (Å²) in [4.78, 5) is 10.3. The molecule has 1 unspecified atom stereocenters. The van der Waals surface area contributed by atoms with Gasteiger partial charge in [0.1, 0.15) is 5.76 Å². The van der Waals surface area contributed by atoms with Crippen LogP contribution in [0.4, 0.5) is 8.78 Å². The second-order valence-corrected chi connectivity index (χ2v) is 3.84. The Morgan fingerprint density at radius 3 is 2.40 bits per heavy atom. The topological polar surface area (TPSA) is 70.7 Å². The van der Waals surface area contributed by atoms with Crippen molar-refractivity contribution in [2.45, 2.75) is 18.4 Å². The molecule has 0 aliphatic rings. The second kappa shape index (κ2) is 3.57. The summed E-state index contributed by atoms with van der Waals surface area (Å²) in [6.07, 6.45) is 0. The van der Waals surface area contributed by atoms with E-state index < -0.39 is 23.3 Å². The Kier molecular flexibility index (Phi) is 2.88. The number of carboxylic acids is 1. The van der Waals surface area contributed by atoms with Gasteiger partial charge >= 0.3 is 11.9 Å². The molecule has 0 radical (unpaired) electrons. The Morgan fingerprint density at radius 2 is 2.07 bits per heavy atom. The van der Waals surface area contributed by atoms with Crippen LogP contribution in [0.3, 0.4) is 0 Å². The zero-order valence-electron chi connectivity index (χ0n) is 7.50. The van der Waals surface area contributed by atoms with Gasteiger partial charge in [0.05, 0.1) is 0 Å². The molecule has 0 bridgehead atoms. The first kappa shape index (κ1) is 12.1. The number of hydrogen-bond donors (Lipinski definition) is 2. The fourth-order valence-corrected chi connectivity index (χ4v) is 1.25. The van der Waals surface area contributed by atoms with Gasteiger partial charge in [0.15, 0.2) is 10.3 Å². The van der Waals surface area contributed by atoms with Crippen LogP contribution in [0.15, 0.2) is 21.2 Å². The lowest BCUT2D eigenvalue weighted by Crippen LogP contribution is -2.48. The predicted octanol–water partition coefficient (Wildman–Crippen LogP) is 1.97. The molecule has 0 amide bonds. The van der Waals surface area contributed by atoms with Crippen LogP contribution in [0.2, 0.25) is 0 Å². The molecule has 4 nitrogen and oxygen atoms in total. The van der Waals surface area contributed by atoms with Gasteiger partial charge in [-0.1, -0.05) is 0 Å². The Bertz CT molecular complexity index is 386. The summed E-state index contributed by atoms with van der Waals surface area (Å²) in [6.45, 7) is 0.673. The Morgan fingerprint density at radius 1 is 1.53 bits per heavy atom. The maximum absolute atomic E-state index is 13.1. The van der Waals surface area contributed by atoms with E-state index >= 15 is 0 Å². The molecule has 1 atom stereocenters. The van der Waals surface area contributed by atoms with Gasteiger partial charge in [-0.25, -0.2) is 4.79 Å². The van der Waals surface area contributed by atoms with Crippen molar-refractivity contribution < 1.29 is 28.2 Å². The molecule has 0 fully saturated rings. The van der Waals surface area contributed by atoms with E-state index in [1.165, 1.54) is 6.07 Å². The Hall–Kier alpha value is -0.950. The average molecular weight is 285 g/mol. The van der Waals surface area contributed by atoms with E-state index in [2.05, 4.69) is 15.9 Å². The number of carboxylic acid groups (broad SMARTS) is 1. The van der Waals surface area contributed by atoms with Gasteiger partial charge in [-0.2, -0.15) is 8.78 Å². The Labute approximate surface area is 91.6 Å². The van der Waals surface area contributed by atoms with Crippen LogP contribution in [0, 0.1) is 0 Å². The lowest BCUT2D eigenvalue weighted by molar-refractivity contribution is -0.211. The molecule has 1 rings (SSSR count). The lowest BCUT2D eigenvalue weighted by atomic mass is 9.95. The molecule has 7 heteroatoms. The van der Waals surface area contributed by atoms with Crippen molar-refractivity contribution in [1.82, 2.24) is 0 Å². The van der Waals surface area contributed by atoms with E-state index in [9.17, 15) is 18.7 Å². The number of hydrogen-bond acceptors (Lipinski definition) is 3. The largest absolute Gasteiger partial charge is 0.477 e. The maximum Gasteiger partial charge on any atom is 0.378 e. The summed E-state index contributed by atoms with van der Waals surface area (Å²) in [7, 11) is 0. The lowest BCUT2D eigenvalue weighted by Gasteiger charge is -2.26. The number of rotatable bonds is 3. The first-order valence-corrected chi connectivity index (χ1v) is 4.58. The van der Waals surface area contributed by atoms with Crippen molar-refractivity contribution in [1.29, 1.82) is 0 Å². The highest BCUT2D eigenvalue weighted by molar-refractivity contribution is 9.10. The molecule has 0 saturated carbocycles. The summed E-state index contributed by atoms with van der Waals surface area (Å²) in [5.41, 5.74) is -2.90. The highest BCUT2D eigenvalue weighted by atomic mass is 79.9. The third-order valence-electron chi connectivity index (χ3n) is 1.93. The van der Waals surface area contributed by atoms with E-state index in [0.717, 1.165) is 6.07 Å². The number of carbonyl (C=O) groups is 1. The fourth-order valence-electron chi connectivity index (χ4n) is 0.939. The van der Waals surface area contributed by atoms with Crippen molar-refractivity contribution in [3.8, 4) is 0 Å². The molecule has 0 aliphatic heterocycles. The highest BCUT2D eigenvalue weighted by Gasteiger charge is 2.58. The predicted molar refractivity (Wildman–Crippen MR) is 48.6 cm³/mol. The van der Waals surface area contributed by atoms with Crippen molar-refractivity contribution in [3.05, 3.63) is 22.6 Å². The summed E-state index contributed by atoms with van der Waals surface area (Å²) < 4.78 is 31.0. The molecule has 2 N–H and O–H groups in total. The van der Waals surface area contributed by atoms with Gasteiger partial charge in [-0.3, -0.25) is 0 Å². The van der Waals surface area contributed by atoms with Crippen molar-refractivity contribution in [2.24, 2.45) is 0 Å². The van der Waals surface area contributed by atoms with Crippen LogP contribution < -0.4 is 0 Å². The van der Waals surface area contributed by atoms with Crippen LogP contribution in [0.25, 0.3) is 0 Å². The van der Waals surface area contributed by atoms with Gasteiger partial charge in [0.2, 0.25) is 0 Å². The first-order valence-electron chi connectivity index (χ1n) is 3.79. The van der Waals surface area contributed by atoms with Crippen LogP contribution in [-0.4, -0.2) is 22.1 Å². The molecular weight excluding hydrogens is 278 g/mol. The van der Waals surface area contributed by atoms with Crippen LogP contribution in [0.5, 0.6) is 0 Å². The van der Waals surface area contributed by atoms with Crippen LogP contribution in [0.1, 0.15) is 12.7 Å². The van der Waals surface area contributed by atoms with Gasteiger partial charge < -0.3 is 14.6 Å². The molecule has 84 valence electrons. The zero-order valence-corrected chi connectivity index (χ0v) is 9.09. The van der Waals surface area contributed by atoms with E-state index in [1.54, 1.807) is 0 Å². The van der Waals surface area contributed by atoms with E-state index in [-0.39, 0.29) is 4.67 Å². The summed E-state index contributed by atoms with van der Waals surface area (Å²) in [5.74, 6) is -7.27. The average Bonchev–Trinajstić information content (AvgIpc) is 2.51. The zero-order chi connectivity index (χ0) is 11.9. The van der Waals surface area contributed by atoms with E-state index in [4.69, 9.17) is 9.52 Å². The summed E-state index contributed by atoms with van der Waals surface area (Å²) >= 11 is 2.86. The minimum atomic E-state index is -4.33. The van der Waals surface area contributed by atoms with Gasteiger partial charge in [0, 0.05) is 0 Å². The number of furan rings is 1. The van der Waals surface area contributed by atoms with Gasteiger partial charge in [-0.05, 0) is 35.0 Å². The van der Waals surface area contributed by atoms with Crippen molar-refractivity contribution in [3.63, 3.8) is 0 Å². The molecule has 1 aromatic rings. The van der Waals surface area contributed by atoms with Crippen molar-refractivity contribution in [2.75, 3.05) is 0 Å². The third-order valence-corrected chi connectivity index (χ3v) is 2.36.